The minimum atomic E-state index is 0.715. The molecule has 1 aliphatic carbocycles. The topological polar surface area (TPSA) is 12.0 Å². The van der Waals surface area contributed by atoms with E-state index in [1.165, 1.54) is 31.4 Å². The van der Waals surface area contributed by atoms with Crippen molar-refractivity contribution in [3.05, 3.63) is 30.3 Å². The highest BCUT2D eigenvalue weighted by atomic mass is 14.9. The normalized spacial score (nSPS) is 18.0. The Kier molecular flexibility index (Phi) is 2.31. The van der Waals surface area contributed by atoms with E-state index in [4.69, 9.17) is 0 Å². The van der Waals surface area contributed by atoms with Gasteiger partial charge in [-0.2, -0.15) is 0 Å². The standard InChI is InChI=1S/C11H14N/c1-2-6-10(7-3-1)12-11-8-4-5-9-11/h2-3,6-7,11-12H,4-5,8-9H2. The predicted octanol–water partition coefficient (Wildman–Crippen LogP) is 2.84. The molecule has 2 rings (SSSR count). The predicted molar refractivity (Wildman–Crippen MR) is 51.2 cm³/mol. The Morgan fingerprint density at radius 3 is 2.50 bits per heavy atom. The third-order valence-electron chi connectivity index (χ3n) is 2.44. The van der Waals surface area contributed by atoms with Crippen molar-refractivity contribution in [3.63, 3.8) is 0 Å². The number of anilines is 1. The van der Waals surface area contributed by atoms with Crippen molar-refractivity contribution in [2.75, 3.05) is 5.32 Å². The maximum Gasteiger partial charge on any atom is 0.0342 e. The van der Waals surface area contributed by atoms with Gasteiger partial charge in [-0.3, -0.25) is 0 Å². The first kappa shape index (κ1) is 7.66. The fourth-order valence-corrected chi connectivity index (χ4v) is 1.79. The van der Waals surface area contributed by atoms with E-state index in [0.29, 0.717) is 6.04 Å². The van der Waals surface area contributed by atoms with Crippen LogP contribution in [-0.2, 0) is 0 Å². The van der Waals surface area contributed by atoms with Gasteiger partial charge in [0.2, 0.25) is 0 Å². The molecule has 1 aromatic carbocycles. The Bertz CT molecular complexity index is 224. The van der Waals surface area contributed by atoms with Gasteiger partial charge in [-0.25, -0.2) is 0 Å². The van der Waals surface area contributed by atoms with Gasteiger partial charge >= 0.3 is 0 Å². The van der Waals surface area contributed by atoms with Crippen LogP contribution in [0.25, 0.3) is 0 Å². The maximum atomic E-state index is 3.52. The van der Waals surface area contributed by atoms with Crippen molar-refractivity contribution in [3.8, 4) is 0 Å². The van der Waals surface area contributed by atoms with Crippen molar-refractivity contribution in [2.45, 2.75) is 31.7 Å². The van der Waals surface area contributed by atoms with Crippen molar-refractivity contribution in [2.24, 2.45) is 0 Å². The molecule has 1 radical (unpaired) electrons. The van der Waals surface area contributed by atoms with Crippen LogP contribution in [0.15, 0.2) is 24.3 Å². The third kappa shape index (κ3) is 1.79. The molecule has 63 valence electrons. The van der Waals surface area contributed by atoms with E-state index < -0.39 is 0 Å². The minimum Gasteiger partial charge on any atom is -0.382 e. The number of rotatable bonds is 2. The summed E-state index contributed by atoms with van der Waals surface area (Å²) in [5, 5.41) is 3.52. The molecule has 1 aromatic rings. The molecule has 0 aromatic heterocycles. The Morgan fingerprint density at radius 2 is 1.83 bits per heavy atom. The molecular formula is C11H14N. The smallest absolute Gasteiger partial charge is 0.0342 e. The molecule has 0 heterocycles. The molecule has 12 heavy (non-hydrogen) atoms. The summed E-state index contributed by atoms with van der Waals surface area (Å²) in [7, 11) is 0. The van der Waals surface area contributed by atoms with Gasteiger partial charge in [0.1, 0.15) is 0 Å². The molecule has 0 bridgehead atoms. The fourth-order valence-electron chi connectivity index (χ4n) is 1.79. The first-order chi connectivity index (χ1) is 5.95. The number of benzene rings is 1. The summed E-state index contributed by atoms with van der Waals surface area (Å²) in [4.78, 5) is 0. The lowest BCUT2D eigenvalue weighted by molar-refractivity contribution is 0.755. The van der Waals surface area contributed by atoms with E-state index in [0.717, 1.165) is 0 Å². The highest BCUT2D eigenvalue weighted by Crippen LogP contribution is 2.21. The van der Waals surface area contributed by atoms with Crippen LogP contribution < -0.4 is 5.32 Å². The average Bonchev–Trinajstić information content (AvgIpc) is 2.59. The van der Waals surface area contributed by atoms with Gasteiger partial charge in [-0.05, 0) is 31.0 Å². The molecule has 0 saturated heterocycles. The Balaban J connectivity index is 1.94. The lowest BCUT2D eigenvalue weighted by Crippen LogP contribution is -2.13. The second-order valence-corrected chi connectivity index (χ2v) is 3.41. The lowest BCUT2D eigenvalue weighted by Gasteiger charge is -2.12. The average molecular weight is 160 g/mol. The van der Waals surface area contributed by atoms with E-state index in [1.807, 2.05) is 12.1 Å². The summed E-state index contributed by atoms with van der Waals surface area (Å²) in [5.74, 6) is 0. The van der Waals surface area contributed by atoms with Crippen LogP contribution in [-0.4, -0.2) is 6.04 Å². The molecule has 1 saturated carbocycles. The van der Waals surface area contributed by atoms with Crippen LogP contribution in [0.2, 0.25) is 0 Å². The Hall–Kier alpha value is -0.980. The molecule has 1 heteroatoms. The lowest BCUT2D eigenvalue weighted by atomic mass is 10.2. The molecule has 1 N–H and O–H groups in total. The summed E-state index contributed by atoms with van der Waals surface area (Å²) in [6, 6.07) is 11.8. The largest absolute Gasteiger partial charge is 0.382 e. The highest BCUT2D eigenvalue weighted by Gasteiger charge is 2.13. The van der Waals surface area contributed by atoms with Gasteiger partial charge in [0.05, 0.1) is 0 Å². The maximum absolute atomic E-state index is 3.52. The first-order valence-corrected chi connectivity index (χ1v) is 4.68. The Morgan fingerprint density at radius 1 is 1.17 bits per heavy atom. The van der Waals surface area contributed by atoms with Crippen LogP contribution in [0.4, 0.5) is 5.69 Å². The zero-order chi connectivity index (χ0) is 8.23. The van der Waals surface area contributed by atoms with Crippen LogP contribution in [0.5, 0.6) is 0 Å². The quantitative estimate of drug-likeness (QED) is 0.701. The zero-order valence-electron chi connectivity index (χ0n) is 7.22. The number of hydrogen-bond donors (Lipinski definition) is 1. The SMILES string of the molecule is [c]1ccc(NC2CCCC2)cc1. The molecule has 0 spiro atoms. The van der Waals surface area contributed by atoms with Gasteiger partial charge in [0, 0.05) is 11.7 Å². The van der Waals surface area contributed by atoms with E-state index >= 15 is 0 Å². The summed E-state index contributed by atoms with van der Waals surface area (Å²) >= 11 is 0. The summed E-state index contributed by atoms with van der Waals surface area (Å²) < 4.78 is 0. The first-order valence-electron chi connectivity index (χ1n) is 4.68. The summed E-state index contributed by atoms with van der Waals surface area (Å²) in [6.07, 6.45) is 5.43. The molecular weight excluding hydrogens is 146 g/mol. The van der Waals surface area contributed by atoms with Crippen LogP contribution in [0.3, 0.4) is 0 Å². The molecule has 1 nitrogen and oxygen atoms in total. The van der Waals surface area contributed by atoms with E-state index in [1.54, 1.807) is 0 Å². The molecule has 0 amide bonds. The van der Waals surface area contributed by atoms with E-state index in [-0.39, 0.29) is 0 Å². The van der Waals surface area contributed by atoms with Crippen molar-refractivity contribution < 1.29 is 0 Å². The van der Waals surface area contributed by atoms with Gasteiger partial charge < -0.3 is 5.32 Å². The molecule has 1 fully saturated rings. The second-order valence-electron chi connectivity index (χ2n) is 3.41. The molecule has 1 aliphatic rings. The number of hydrogen-bond acceptors (Lipinski definition) is 1. The van der Waals surface area contributed by atoms with Crippen LogP contribution in [0.1, 0.15) is 25.7 Å². The van der Waals surface area contributed by atoms with Crippen molar-refractivity contribution in [1.82, 2.24) is 0 Å². The third-order valence-corrected chi connectivity index (χ3v) is 2.44. The van der Waals surface area contributed by atoms with Gasteiger partial charge in [0.15, 0.2) is 0 Å². The summed E-state index contributed by atoms with van der Waals surface area (Å²) in [5.41, 5.74) is 1.24. The molecule has 0 unspecified atom stereocenters. The van der Waals surface area contributed by atoms with E-state index in [9.17, 15) is 0 Å². The van der Waals surface area contributed by atoms with Gasteiger partial charge in [0.25, 0.3) is 0 Å². The van der Waals surface area contributed by atoms with Gasteiger partial charge in [-0.15, -0.1) is 0 Å². The van der Waals surface area contributed by atoms with Crippen LogP contribution >= 0.6 is 0 Å². The van der Waals surface area contributed by atoms with Gasteiger partial charge in [-0.1, -0.05) is 25.0 Å². The summed E-state index contributed by atoms with van der Waals surface area (Å²) in [6.45, 7) is 0. The number of nitrogens with one attached hydrogen (secondary N) is 1. The second kappa shape index (κ2) is 3.61. The van der Waals surface area contributed by atoms with E-state index in [2.05, 4.69) is 23.5 Å². The van der Waals surface area contributed by atoms with Crippen molar-refractivity contribution >= 4 is 5.69 Å². The van der Waals surface area contributed by atoms with Crippen molar-refractivity contribution in [1.29, 1.82) is 0 Å². The fraction of sp³-hybridized carbons (Fsp3) is 0.455. The molecule has 0 aliphatic heterocycles. The zero-order valence-corrected chi connectivity index (χ0v) is 7.22. The monoisotopic (exact) mass is 160 g/mol. The molecule has 0 atom stereocenters. The van der Waals surface area contributed by atoms with Crippen LogP contribution in [0, 0.1) is 6.07 Å². The minimum absolute atomic E-state index is 0.715. The highest BCUT2D eigenvalue weighted by molar-refractivity contribution is 5.43. The Labute approximate surface area is 73.8 Å².